The highest BCUT2D eigenvalue weighted by molar-refractivity contribution is 7.14. The number of carbonyl (C=O) groups excluding carboxylic acids is 1. The predicted molar refractivity (Wildman–Crippen MR) is 110 cm³/mol. The number of aryl methyl sites for hydroxylation is 1. The zero-order valence-corrected chi connectivity index (χ0v) is 17.6. The molecule has 0 atom stereocenters. The van der Waals surface area contributed by atoms with Crippen molar-refractivity contribution in [2.45, 2.75) is 51.2 Å². The number of hydrogen-bond acceptors (Lipinski definition) is 4. The van der Waals surface area contributed by atoms with Crippen molar-refractivity contribution in [2.24, 2.45) is 5.73 Å². The first-order valence-electron chi connectivity index (χ1n) is 8.48. The minimum Gasteiger partial charge on any atom is -0.326 e. The van der Waals surface area contributed by atoms with Crippen molar-refractivity contribution in [3.8, 4) is 0 Å². The van der Waals surface area contributed by atoms with E-state index < -0.39 is 17.6 Å². The number of carbonyl (C=O) groups is 1. The molecule has 4 nitrogen and oxygen atoms in total. The van der Waals surface area contributed by atoms with Crippen molar-refractivity contribution in [1.82, 2.24) is 4.98 Å². The zero-order valence-electron chi connectivity index (χ0n) is 15.1. The summed E-state index contributed by atoms with van der Waals surface area (Å²) < 4.78 is 39.1. The fourth-order valence-corrected chi connectivity index (χ4v) is 4.34. The van der Waals surface area contributed by atoms with Crippen LogP contribution in [0.25, 0.3) is 0 Å². The van der Waals surface area contributed by atoms with Gasteiger partial charge in [0, 0.05) is 18.2 Å². The first kappa shape index (κ1) is 24.7. The number of aromatic nitrogens is 1. The standard InChI is InChI=1S/C18H20F3N3OS.2ClH/c1-10-15(26-17(23-10)12-4-2-3-5-12)16(25)24-14-7-11(9-22)6-13(8-14)18(19,20)21;;/h6-8,12H,2-5,9,22H2,1H3,(H,24,25);2*1H. The second-order valence-corrected chi connectivity index (χ2v) is 7.55. The lowest BCUT2D eigenvalue weighted by molar-refractivity contribution is -0.137. The van der Waals surface area contributed by atoms with Crippen LogP contribution in [0, 0.1) is 6.92 Å². The highest BCUT2D eigenvalue weighted by Gasteiger charge is 2.31. The van der Waals surface area contributed by atoms with Crippen molar-refractivity contribution in [3.05, 3.63) is 44.9 Å². The van der Waals surface area contributed by atoms with Crippen LogP contribution in [0.1, 0.15) is 63.1 Å². The Morgan fingerprint density at radius 3 is 2.46 bits per heavy atom. The third-order valence-electron chi connectivity index (χ3n) is 4.54. The monoisotopic (exact) mass is 455 g/mol. The fraction of sp³-hybridized carbons (Fsp3) is 0.444. The van der Waals surface area contributed by atoms with Gasteiger partial charge in [-0.05, 0) is 43.5 Å². The molecule has 156 valence electrons. The molecule has 0 radical (unpaired) electrons. The predicted octanol–water partition coefficient (Wildman–Crippen LogP) is 5.68. The molecule has 28 heavy (non-hydrogen) atoms. The fourth-order valence-electron chi connectivity index (χ4n) is 3.21. The Balaban J connectivity index is 0.00000196. The number of hydrogen-bond donors (Lipinski definition) is 2. The summed E-state index contributed by atoms with van der Waals surface area (Å²) >= 11 is 1.33. The van der Waals surface area contributed by atoms with Crippen molar-refractivity contribution in [1.29, 1.82) is 0 Å². The smallest absolute Gasteiger partial charge is 0.326 e. The first-order valence-corrected chi connectivity index (χ1v) is 9.29. The molecular weight excluding hydrogens is 434 g/mol. The Kier molecular flexibility index (Phi) is 8.74. The number of amides is 1. The normalized spacial score (nSPS) is 14.3. The molecule has 0 aliphatic heterocycles. The summed E-state index contributed by atoms with van der Waals surface area (Å²) in [6.45, 7) is 1.71. The van der Waals surface area contributed by atoms with E-state index in [0.29, 0.717) is 22.1 Å². The maximum Gasteiger partial charge on any atom is 0.416 e. The lowest BCUT2D eigenvalue weighted by Crippen LogP contribution is -2.14. The van der Waals surface area contributed by atoms with Crippen LogP contribution in [0.4, 0.5) is 18.9 Å². The second kappa shape index (κ2) is 9.91. The number of benzene rings is 1. The molecule has 3 rings (SSSR count). The number of halogens is 5. The minimum absolute atomic E-state index is 0. The molecule has 1 aromatic heterocycles. The summed E-state index contributed by atoms with van der Waals surface area (Å²) in [6, 6.07) is 3.37. The third-order valence-corrected chi connectivity index (χ3v) is 5.86. The van der Waals surface area contributed by atoms with E-state index >= 15 is 0 Å². The Bertz CT molecular complexity index is 821. The summed E-state index contributed by atoms with van der Waals surface area (Å²) in [5, 5.41) is 3.51. The number of thiazole rings is 1. The summed E-state index contributed by atoms with van der Waals surface area (Å²) in [7, 11) is 0. The van der Waals surface area contributed by atoms with E-state index in [1.165, 1.54) is 17.4 Å². The molecule has 2 aromatic rings. The van der Waals surface area contributed by atoms with E-state index in [1.54, 1.807) is 6.92 Å². The Morgan fingerprint density at radius 2 is 1.89 bits per heavy atom. The van der Waals surface area contributed by atoms with E-state index in [0.717, 1.165) is 42.8 Å². The summed E-state index contributed by atoms with van der Waals surface area (Å²) in [5.74, 6) is -0.0517. The molecule has 1 heterocycles. The molecule has 0 bridgehead atoms. The van der Waals surface area contributed by atoms with Crippen LogP contribution in [-0.2, 0) is 12.7 Å². The van der Waals surface area contributed by atoms with Crippen LogP contribution in [0.15, 0.2) is 18.2 Å². The number of nitrogens with zero attached hydrogens (tertiary/aromatic N) is 1. The van der Waals surface area contributed by atoms with Gasteiger partial charge in [0.1, 0.15) is 4.88 Å². The van der Waals surface area contributed by atoms with E-state index in [9.17, 15) is 18.0 Å². The van der Waals surface area contributed by atoms with Gasteiger partial charge in [-0.1, -0.05) is 12.8 Å². The van der Waals surface area contributed by atoms with Crippen LogP contribution in [0.2, 0.25) is 0 Å². The highest BCUT2D eigenvalue weighted by Crippen LogP contribution is 2.37. The van der Waals surface area contributed by atoms with Crippen molar-refractivity contribution in [3.63, 3.8) is 0 Å². The van der Waals surface area contributed by atoms with Gasteiger partial charge in [0.25, 0.3) is 5.91 Å². The SMILES string of the molecule is Cc1nc(C2CCCC2)sc1C(=O)Nc1cc(CN)cc(C(F)(F)F)c1.Cl.Cl. The van der Waals surface area contributed by atoms with Crippen LogP contribution >= 0.6 is 36.2 Å². The van der Waals surface area contributed by atoms with Gasteiger partial charge in [-0.2, -0.15) is 13.2 Å². The quantitative estimate of drug-likeness (QED) is 0.622. The molecule has 3 N–H and O–H groups in total. The number of rotatable bonds is 4. The van der Waals surface area contributed by atoms with Crippen LogP contribution < -0.4 is 11.1 Å². The summed E-state index contributed by atoms with van der Waals surface area (Å²) in [6.07, 6.45) is -0.0302. The van der Waals surface area contributed by atoms with Gasteiger partial charge >= 0.3 is 6.18 Å². The van der Waals surface area contributed by atoms with Crippen molar-refractivity contribution >= 4 is 47.7 Å². The first-order chi connectivity index (χ1) is 12.3. The minimum atomic E-state index is -4.50. The molecule has 1 amide bonds. The van der Waals surface area contributed by atoms with Crippen molar-refractivity contribution < 1.29 is 18.0 Å². The lowest BCUT2D eigenvalue weighted by Gasteiger charge is -2.12. The maximum absolute atomic E-state index is 13.0. The molecule has 0 spiro atoms. The van der Waals surface area contributed by atoms with Gasteiger partial charge in [0.2, 0.25) is 0 Å². The largest absolute Gasteiger partial charge is 0.416 e. The molecule has 1 aliphatic carbocycles. The molecule has 10 heteroatoms. The van der Waals surface area contributed by atoms with Gasteiger partial charge in [-0.15, -0.1) is 36.2 Å². The van der Waals surface area contributed by atoms with Gasteiger partial charge in [0.05, 0.1) is 16.3 Å². The van der Waals surface area contributed by atoms with Gasteiger partial charge in [-0.25, -0.2) is 4.98 Å². The van der Waals surface area contributed by atoms with Gasteiger partial charge in [-0.3, -0.25) is 4.79 Å². The number of alkyl halides is 3. The Labute approximate surface area is 177 Å². The molecule has 1 aliphatic rings. The van der Waals surface area contributed by atoms with Crippen molar-refractivity contribution in [2.75, 3.05) is 5.32 Å². The van der Waals surface area contributed by atoms with Gasteiger partial charge in [0.15, 0.2) is 0 Å². The third kappa shape index (κ3) is 5.59. The number of nitrogens with two attached hydrogens (primary N) is 1. The maximum atomic E-state index is 13.0. The topological polar surface area (TPSA) is 68.0 Å². The molecule has 1 fully saturated rings. The average molecular weight is 456 g/mol. The Hall–Kier alpha value is -1.35. The van der Waals surface area contributed by atoms with E-state index in [2.05, 4.69) is 10.3 Å². The molecule has 0 saturated heterocycles. The zero-order chi connectivity index (χ0) is 18.9. The molecular formula is C18H22Cl2F3N3OS. The van der Waals surface area contributed by atoms with Crippen LogP contribution in [-0.4, -0.2) is 10.9 Å². The average Bonchev–Trinajstić information content (AvgIpc) is 3.23. The molecule has 1 saturated carbocycles. The van der Waals surface area contributed by atoms with E-state index in [4.69, 9.17) is 5.73 Å². The second-order valence-electron chi connectivity index (χ2n) is 6.52. The summed E-state index contributed by atoms with van der Waals surface area (Å²) in [5.41, 5.74) is 5.66. The number of anilines is 1. The van der Waals surface area contributed by atoms with Crippen LogP contribution in [0.5, 0.6) is 0 Å². The number of nitrogens with one attached hydrogen (secondary N) is 1. The highest BCUT2D eigenvalue weighted by atomic mass is 35.5. The van der Waals surface area contributed by atoms with Gasteiger partial charge < -0.3 is 11.1 Å². The van der Waals surface area contributed by atoms with Crippen LogP contribution in [0.3, 0.4) is 0 Å². The summed E-state index contributed by atoms with van der Waals surface area (Å²) in [4.78, 5) is 17.5. The van der Waals surface area contributed by atoms with E-state index in [1.807, 2.05) is 0 Å². The lowest BCUT2D eigenvalue weighted by atomic mass is 10.1. The Morgan fingerprint density at radius 1 is 1.25 bits per heavy atom. The molecule has 0 unspecified atom stereocenters. The van der Waals surface area contributed by atoms with E-state index in [-0.39, 0.29) is 37.0 Å². The molecule has 1 aromatic carbocycles.